The molecule has 0 saturated heterocycles. The van der Waals surface area contributed by atoms with Crippen molar-refractivity contribution >= 4 is 0 Å². The first-order valence-electron chi connectivity index (χ1n) is 6.23. The average molecular weight is 219 g/mol. The second-order valence-electron chi connectivity index (χ2n) is 5.30. The van der Waals surface area contributed by atoms with Crippen molar-refractivity contribution < 1.29 is 0 Å². The van der Waals surface area contributed by atoms with Crippen LogP contribution in [0.5, 0.6) is 0 Å². The Kier molecular flexibility index (Phi) is 4.55. The predicted octanol–water partition coefficient (Wildman–Crippen LogP) is 3.54. The highest BCUT2D eigenvalue weighted by molar-refractivity contribution is 5.37. The molecule has 1 N–H and O–H groups in total. The first-order chi connectivity index (χ1) is 7.40. The van der Waals surface area contributed by atoms with Crippen LogP contribution in [-0.4, -0.2) is 12.1 Å². The summed E-state index contributed by atoms with van der Waals surface area (Å²) in [6.07, 6.45) is 1.12. The molecule has 0 radical (unpaired) electrons. The van der Waals surface area contributed by atoms with Crippen molar-refractivity contribution in [2.24, 2.45) is 0 Å². The van der Waals surface area contributed by atoms with Crippen molar-refractivity contribution in [1.29, 1.82) is 0 Å². The van der Waals surface area contributed by atoms with Gasteiger partial charge < -0.3 is 5.32 Å². The Balaban J connectivity index is 2.81. The van der Waals surface area contributed by atoms with E-state index in [0.717, 1.165) is 6.42 Å². The van der Waals surface area contributed by atoms with Crippen molar-refractivity contribution in [2.75, 3.05) is 0 Å². The van der Waals surface area contributed by atoms with Crippen molar-refractivity contribution in [3.63, 3.8) is 0 Å². The van der Waals surface area contributed by atoms with Gasteiger partial charge in [-0.05, 0) is 50.8 Å². The molecule has 1 rings (SSSR count). The fourth-order valence-electron chi connectivity index (χ4n) is 2.47. The van der Waals surface area contributed by atoms with Crippen LogP contribution in [-0.2, 0) is 6.42 Å². The van der Waals surface area contributed by atoms with E-state index in [4.69, 9.17) is 0 Å². The van der Waals surface area contributed by atoms with E-state index in [0.29, 0.717) is 12.1 Å². The zero-order chi connectivity index (χ0) is 12.3. The standard InChI is InChI=1S/C15H25N/c1-10(2)16-14(6)9-15-12(4)7-11(3)8-13(15)5/h7-8,10,14,16H,9H2,1-6H3. The molecule has 0 saturated carbocycles. The van der Waals surface area contributed by atoms with Crippen molar-refractivity contribution in [3.8, 4) is 0 Å². The summed E-state index contributed by atoms with van der Waals surface area (Å²) in [7, 11) is 0. The Hall–Kier alpha value is -0.820. The smallest absolute Gasteiger partial charge is 0.00817 e. The molecule has 0 bridgehead atoms. The number of benzene rings is 1. The first kappa shape index (κ1) is 13.2. The average Bonchev–Trinajstić information content (AvgIpc) is 2.09. The second kappa shape index (κ2) is 5.49. The largest absolute Gasteiger partial charge is 0.312 e. The Morgan fingerprint density at radius 1 is 1.00 bits per heavy atom. The highest BCUT2D eigenvalue weighted by Gasteiger charge is 2.09. The molecule has 0 aliphatic rings. The van der Waals surface area contributed by atoms with Gasteiger partial charge in [-0.15, -0.1) is 0 Å². The molecular formula is C15H25N. The molecule has 1 aromatic carbocycles. The minimum atomic E-state index is 0.542. The lowest BCUT2D eigenvalue weighted by Gasteiger charge is -2.19. The number of nitrogens with one attached hydrogen (secondary N) is 1. The fraction of sp³-hybridized carbons (Fsp3) is 0.600. The fourth-order valence-corrected chi connectivity index (χ4v) is 2.47. The van der Waals surface area contributed by atoms with Crippen molar-refractivity contribution in [2.45, 2.75) is 60.0 Å². The van der Waals surface area contributed by atoms with Gasteiger partial charge in [-0.25, -0.2) is 0 Å². The lowest BCUT2D eigenvalue weighted by Crippen LogP contribution is -2.34. The maximum Gasteiger partial charge on any atom is 0.00817 e. The molecule has 0 aliphatic heterocycles. The molecule has 1 unspecified atom stereocenters. The van der Waals surface area contributed by atoms with Gasteiger partial charge >= 0.3 is 0 Å². The van der Waals surface area contributed by atoms with Crippen LogP contribution in [0.2, 0.25) is 0 Å². The van der Waals surface area contributed by atoms with E-state index in [1.807, 2.05) is 0 Å². The van der Waals surface area contributed by atoms with Crippen LogP contribution < -0.4 is 5.32 Å². The minimum Gasteiger partial charge on any atom is -0.312 e. The van der Waals surface area contributed by atoms with Crippen molar-refractivity contribution in [1.82, 2.24) is 5.32 Å². The highest BCUT2D eigenvalue weighted by Crippen LogP contribution is 2.18. The molecule has 0 heterocycles. The molecule has 1 heteroatoms. The van der Waals surface area contributed by atoms with Crippen LogP contribution in [0, 0.1) is 20.8 Å². The van der Waals surface area contributed by atoms with E-state index in [2.05, 4.69) is 59.0 Å². The molecule has 1 atom stereocenters. The van der Waals surface area contributed by atoms with Crippen LogP contribution in [0.4, 0.5) is 0 Å². The van der Waals surface area contributed by atoms with Crippen LogP contribution in [0.15, 0.2) is 12.1 Å². The molecule has 0 amide bonds. The molecule has 1 nitrogen and oxygen atoms in total. The normalized spacial score (nSPS) is 13.2. The second-order valence-corrected chi connectivity index (χ2v) is 5.30. The van der Waals surface area contributed by atoms with Crippen LogP contribution in [0.1, 0.15) is 43.0 Å². The number of aryl methyl sites for hydroxylation is 3. The molecule has 0 fully saturated rings. The van der Waals surface area contributed by atoms with Crippen molar-refractivity contribution in [3.05, 3.63) is 34.4 Å². The summed E-state index contributed by atoms with van der Waals surface area (Å²) < 4.78 is 0. The first-order valence-corrected chi connectivity index (χ1v) is 6.23. The Bertz CT molecular complexity index is 329. The molecule has 16 heavy (non-hydrogen) atoms. The maximum absolute atomic E-state index is 3.56. The van der Waals surface area contributed by atoms with Gasteiger partial charge in [-0.1, -0.05) is 31.5 Å². The van der Waals surface area contributed by atoms with E-state index in [9.17, 15) is 0 Å². The SMILES string of the molecule is Cc1cc(C)c(CC(C)NC(C)C)c(C)c1. The van der Waals surface area contributed by atoms with E-state index in [1.165, 1.54) is 22.3 Å². The predicted molar refractivity (Wildman–Crippen MR) is 72.1 cm³/mol. The molecular weight excluding hydrogens is 194 g/mol. The minimum absolute atomic E-state index is 0.542. The number of hydrogen-bond acceptors (Lipinski definition) is 1. The Morgan fingerprint density at radius 3 is 1.94 bits per heavy atom. The van der Waals surface area contributed by atoms with Gasteiger partial charge in [0.2, 0.25) is 0 Å². The van der Waals surface area contributed by atoms with E-state index < -0.39 is 0 Å². The van der Waals surface area contributed by atoms with Crippen LogP contribution in [0.3, 0.4) is 0 Å². The Morgan fingerprint density at radius 2 is 1.50 bits per heavy atom. The summed E-state index contributed by atoms with van der Waals surface area (Å²) in [5, 5.41) is 3.56. The lowest BCUT2D eigenvalue weighted by atomic mass is 9.95. The van der Waals surface area contributed by atoms with E-state index in [-0.39, 0.29) is 0 Å². The summed E-state index contributed by atoms with van der Waals surface area (Å²) in [6.45, 7) is 13.3. The van der Waals surface area contributed by atoms with Crippen LogP contribution in [0.25, 0.3) is 0 Å². The summed E-state index contributed by atoms with van der Waals surface area (Å²) in [4.78, 5) is 0. The van der Waals surface area contributed by atoms with Gasteiger partial charge in [0.1, 0.15) is 0 Å². The third-order valence-corrected chi connectivity index (χ3v) is 2.97. The number of rotatable bonds is 4. The molecule has 90 valence electrons. The third kappa shape index (κ3) is 3.64. The van der Waals surface area contributed by atoms with Gasteiger partial charge in [-0.3, -0.25) is 0 Å². The van der Waals surface area contributed by atoms with E-state index in [1.54, 1.807) is 0 Å². The topological polar surface area (TPSA) is 12.0 Å². The Labute approximate surface area is 100 Å². The summed E-state index contributed by atoms with van der Waals surface area (Å²) in [5.74, 6) is 0. The molecule has 0 aliphatic carbocycles. The van der Waals surface area contributed by atoms with Crippen LogP contribution >= 0.6 is 0 Å². The van der Waals surface area contributed by atoms with Gasteiger partial charge in [0, 0.05) is 12.1 Å². The molecule has 0 aromatic heterocycles. The zero-order valence-corrected chi connectivity index (χ0v) is 11.5. The van der Waals surface area contributed by atoms with Gasteiger partial charge in [0.15, 0.2) is 0 Å². The highest BCUT2D eigenvalue weighted by atomic mass is 14.9. The monoisotopic (exact) mass is 219 g/mol. The maximum atomic E-state index is 3.56. The summed E-state index contributed by atoms with van der Waals surface area (Å²) in [6, 6.07) is 5.66. The van der Waals surface area contributed by atoms with Gasteiger partial charge in [0.05, 0.1) is 0 Å². The van der Waals surface area contributed by atoms with Gasteiger partial charge in [-0.2, -0.15) is 0 Å². The summed E-state index contributed by atoms with van der Waals surface area (Å²) >= 11 is 0. The zero-order valence-electron chi connectivity index (χ0n) is 11.5. The quantitative estimate of drug-likeness (QED) is 0.816. The van der Waals surface area contributed by atoms with E-state index >= 15 is 0 Å². The molecule has 1 aromatic rings. The number of hydrogen-bond donors (Lipinski definition) is 1. The van der Waals surface area contributed by atoms with Gasteiger partial charge in [0.25, 0.3) is 0 Å². The molecule has 0 spiro atoms. The summed E-state index contributed by atoms with van der Waals surface area (Å²) in [5.41, 5.74) is 5.72. The lowest BCUT2D eigenvalue weighted by molar-refractivity contribution is 0.486. The third-order valence-electron chi connectivity index (χ3n) is 2.97.